The third kappa shape index (κ3) is 3.59. The summed E-state index contributed by atoms with van der Waals surface area (Å²) in [6, 6.07) is 6.68. The molecule has 130 valence electrons. The Kier molecular flexibility index (Phi) is 5.62. The molecule has 0 radical (unpaired) electrons. The first-order valence-electron chi connectivity index (χ1n) is 8.04. The first kappa shape index (κ1) is 18.0. The van der Waals surface area contributed by atoms with Gasteiger partial charge in [0.15, 0.2) is 11.5 Å². The minimum absolute atomic E-state index is 0.158. The van der Waals surface area contributed by atoms with Gasteiger partial charge in [0.1, 0.15) is 5.75 Å². The lowest BCUT2D eigenvalue weighted by atomic mass is 9.96. The number of methoxy groups -OCH3 is 1. The number of Topliss-reactive ketones (excluding diaryl/α,β-unsaturated/α-hetero) is 1. The van der Waals surface area contributed by atoms with E-state index in [1.165, 1.54) is 11.8 Å². The molecule has 0 saturated carbocycles. The average molecular weight is 333 g/mol. The highest BCUT2D eigenvalue weighted by Gasteiger charge is 2.42. The summed E-state index contributed by atoms with van der Waals surface area (Å²) < 4.78 is 5.24. The Hall–Kier alpha value is -2.34. The molecule has 1 aromatic rings. The van der Waals surface area contributed by atoms with Crippen LogP contribution in [0.2, 0.25) is 0 Å². The monoisotopic (exact) mass is 333 g/mol. The largest absolute Gasteiger partial charge is 0.503 e. The van der Waals surface area contributed by atoms with Crippen LogP contribution >= 0.6 is 0 Å². The van der Waals surface area contributed by atoms with Crippen LogP contribution in [-0.2, 0) is 9.59 Å². The topological polar surface area (TPSA) is 71.3 Å². The number of ether oxygens (including phenoxy) is 1. The number of carbonyl (C=O) groups excluding carboxylic acids is 2. The Bertz CT molecular complexity index is 667. The van der Waals surface area contributed by atoms with E-state index >= 15 is 0 Å². The molecule has 1 amide bonds. The predicted molar refractivity (Wildman–Crippen MR) is 90.1 cm³/mol. The highest BCUT2D eigenvalue weighted by atomic mass is 16.5. The van der Waals surface area contributed by atoms with E-state index in [1.807, 2.05) is 26.2 Å². The second-order valence-electron chi connectivity index (χ2n) is 6.31. The second kappa shape index (κ2) is 7.49. The Morgan fingerprint density at radius 3 is 2.67 bits per heavy atom. The molecule has 0 aromatic heterocycles. The van der Waals surface area contributed by atoms with Crippen LogP contribution in [0.1, 0.15) is 24.9 Å². The van der Waals surface area contributed by atoms with Crippen LogP contribution in [0.4, 0.5) is 0 Å². The van der Waals surface area contributed by atoms with Gasteiger partial charge in [-0.2, -0.15) is 0 Å². The zero-order chi connectivity index (χ0) is 17.9. The van der Waals surface area contributed by atoms with Gasteiger partial charge in [0.25, 0.3) is 5.91 Å². The molecule has 1 aliphatic heterocycles. The molecule has 0 aliphatic carbocycles. The van der Waals surface area contributed by atoms with Crippen molar-refractivity contribution in [1.29, 1.82) is 0 Å². The third-order valence-corrected chi connectivity index (χ3v) is 4.17. The number of aliphatic hydroxyl groups is 1. The lowest BCUT2D eigenvalue weighted by Crippen LogP contribution is -3.05. The van der Waals surface area contributed by atoms with E-state index in [2.05, 4.69) is 0 Å². The number of hydrogen-bond acceptors (Lipinski definition) is 4. The molecule has 0 bridgehead atoms. The summed E-state index contributed by atoms with van der Waals surface area (Å²) in [6.45, 7) is 2.75. The number of amides is 1. The van der Waals surface area contributed by atoms with Crippen LogP contribution < -0.4 is 9.64 Å². The first-order chi connectivity index (χ1) is 11.4. The predicted octanol–water partition coefficient (Wildman–Crippen LogP) is 0.514. The number of nitrogens with zero attached hydrogens (tertiary/aromatic N) is 1. The van der Waals surface area contributed by atoms with Crippen LogP contribution in [0.15, 0.2) is 35.6 Å². The molecule has 1 heterocycles. The van der Waals surface area contributed by atoms with Crippen LogP contribution in [0.3, 0.4) is 0 Å². The van der Waals surface area contributed by atoms with Gasteiger partial charge in [-0.3, -0.25) is 9.59 Å². The summed E-state index contributed by atoms with van der Waals surface area (Å²) in [5.74, 6) is -0.573. The van der Waals surface area contributed by atoms with Crippen molar-refractivity contribution in [1.82, 2.24) is 4.90 Å². The van der Waals surface area contributed by atoms with Crippen molar-refractivity contribution in [3.05, 3.63) is 41.2 Å². The molecule has 0 spiro atoms. The second-order valence-corrected chi connectivity index (χ2v) is 6.31. The van der Waals surface area contributed by atoms with Crippen molar-refractivity contribution >= 4 is 11.7 Å². The lowest BCUT2D eigenvalue weighted by molar-refractivity contribution is -0.858. The minimum Gasteiger partial charge on any atom is -0.503 e. The quantitative estimate of drug-likeness (QED) is 0.763. The number of nitrogens with one attached hydrogen (secondary N) is 1. The zero-order valence-electron chi connectivity index (χ0n) is 14.6. The lowest BCUT2D eigenvalue weighted by Gasteiger charge is -2.27. The van der Waals surface area contributed by atoms with E-state index in [0.717, 1.165) is 18.5 Å². The van der Waals surface area contributed by atoms with Crippen molar-refractivity contribution < 1.29 is 24.3 Å². The van der Waals surface area contributed by atoms with Gasteiger partial charge in [-0.15, -0.1) is 0 Å². The van der Waals surface area contributed by atoms with Gasteiger partial charge < -0.3 is 19.6 Å². The Labute approximate surface area is 142 Å². The molecule has 1 atom stereocenters. The van der Waals surface area contributed by atoms with Crippen molar-refractivity contribution in [2.24, 2.45) is 0 Å². The zero-order valence-corrected chi connectivity index (χ0v) is 14.6. The molecule has 1 aliphatic rings. The van der Waals surface area contributed by atoms with Crippen molar-refractivity contribution in [3.63, 3.8) is 0 Å². The highest BCUT2D eigenvalue weighted by molar-refractivity contribution is 6.08. The summed E-state index contributed by atoms with van der Waals surface area (Å²) in [5.41, 5.74) is 0.916. The van der Waals surface area contributed by atoms with Crippen LogP contribution in [0, 0.1) is 0 Å². The fourth-order valence-corrected chi connectivity index (χ4v) is 3.00. The minimum atomic E-state index is -0.567. The van der Waals surface area contributed by atoms with Crippen molar-refractivity contribution in [2.45, 2.75) is 19.4 Å². The van der Waals surface area contributed by atoms with Gasteiger partial charge in [-0.1, -0.05) is 12.1 Å². The number of ketones is 1. The van der Waals surface area contributed by atoms with Gasteiger partial charge in [0.2, 0.25) is 0 Å². The summed E-state index contributed by atoms with van der Waals surface area (Å²) in [6.07, 6.45) is 0.785. The van der Waals surface area contributed by atoms with E-state index in [-0.39, 0.29) is 11.4 Å². The van der Waals surface area contributed by atoms with E-state index in [0.29, 0.717) is 12.3 Å². The van der Waals surface area contributed by atoms with Gasteiger partial charge in [-0.25, -0.2) is 0 Å². The molecule has 2 N–H and O–H groups in total. The maximum atomic E-state index is 12.5. The van der Waals surface area contributed by atoms with Crippen molar-refractivity contribution in [3.8, 4) is 5.75 Å². The van der Waals surface area contributed by atoms with E-state index in [1.54, 1.807) is 24.1 Å². The number of quaternary nitrogens is 1. The van der Waals surface area contributed by atoms with Gasteiger partial charge >= 0.3 is 0 Å². The van der Waals surface area contributed by atoms with E-state index < -0.39 is 17.7 Å². The van der Waals surface area contributed by atoms with Gasteiger partial charge in [0, 0.05) is 13.0 Å². The number of aliphatic hydroxyl groups excluding tert-OH is 1. The first-order valence-corrected chi connectivity index (χ1v) is 8.04. The summed E-state index contributed by atoms with van der Waals surface area (Å²) in [4.78, 5) is 27.4. The number of carbonyl (C=O) groups is 2. The molecule has 0 saturated heterocycles. The third-order valence-electron chi connectivity index (χ3n) is 4.17. The number of benzene rings is 1. The van der Waals surface area contributed by atoms with Crippen LogP contribution in [0.5, 0.6) is 5.75 Å². The van der Waals surface area contributed by atoms with Crippen molar-refractivity contribution in [2.75, 3.05) is 34.3 Å². The van der Waals surface area contributed by atoms with E-state index in [9.17, 15) is 14.7 Å². The SMILES string of the molecule is COc1cccc([C@H]2C(C(C)=O)=C(O)C(=O)N2CCC[NH+](C)C)c1. The van der Waals surface area contributed by atoms with E-state index in [4.69, 9.17) is 4.74 Å². The van der Waals surface area contributed by atoms with Crippen LogP contribution in [0.25, 0.3) is 0 Å². The molecule has 1 aromatic carbocycles. The Morgan fingerprint density at radius 2 is 2.08 bits per heavy atom. The molecule has 6 nitrogen and oxygen atoms in total. The molecular formula is C18H25N2O4+. The summed E-state index contributed by atoms with van der Waals surface area (Å²) in [5, 5.41) is 10.2. The maximum Gasteiger partial charge on any atom is 0.290 e. The molecule has 0 fully saturated rings. The summed E-state index contributed by atoms with van der Waals surface area (Å²) >= 11 is 0. The number of hydrogen-bond donors (Lipinski definition) is 2. The smallest absolute Gasteiger partial charge is 0.290 e. The van der Waals surface area contributed by atoms with Gasteiger partial charge in [-0.05, 0) is 24.6 Å². The average Bonchev–Trinajstić information content (AvgIpc) is 2.79. The highest BCUT2D eigenvalue weighted by Crippen LogP contribution is 2.38. The maximum absolute atomic E-state index is 12.5. The molecular weight excluding hydrogens is 308 g/mol. The fourth-order valence-electron chi connectivity index (χ4n) is 3.00. The molecule has 24 heavy (non-hydrogen) atoms. The standard InChI is InChI=1S/C18H24N2O4/c1-12(21)15-16(13-7-5-8-14(11-13)24-4)20(18(23)17(15)22)10-6-9-19(2)3/h5,7-8,11,16,22H,6,9-10H2,1-4H3/p+1/t16-/m0/s1. The Morgan fingerprint density at radius 1 is 1.38 bits per heavy atom. The molecule has 0 unspecified atom stereocenters. The number of rotatable bonds is 7. The molecule has 6 heteroatoms. The summed E-state index contributed by atoms with van der Waals surface area (Å²) in [7, 11) is 5.65. The molecule has 2 rings (SSSR count). The Balaban J connectivity index is 2.38. The van der Waals surface area contributed by atoms with Gasteiger partial charge in [0.05, 0.1) is 39.4 Å². The normalized spacial score (nSPS) is 17.8. The fraction of sp³-hybridized carbons (Fsp3) is 0.444. The van der Waals surface area contributed by atoms with Crippen LogP contribution in [-0.4, -0.2) is 56.0 Å².